The van der Waals surface area contributed by atoms with Crippen LogP contribution < -0.4 is 10.1 Å². The van der Waals surface area contributed by atoms with Crippen LogP contribution in [0, 0.1) is 20.8 Å². The number of nitrogens with zero attached hydrogens (tertiary/aromatic N) is 1. The number of aromatic nitrogens is 1. The molecule has 2 aromatic rings. The summed E-state index contributed by atoms with van der Waals surface area (Å²) in [5.41, 5.74) is 3.45. The van der Waals surface area contributed by atoms with Gasteiger partial charge >= 0.3 is 0 Å². The van der Waals surface area contributed by atoms with E-state index in [1.807, 2.05) is 0 Å². The van der Waals surface area contributed by atoms with Gasteiger partial charge in [-0.1, -0.05) is 25.1 Å². The summed E-state index contributed by atoms with van der Waals surface area (Å²) in [4.78, 5) is 5.89. The highest BCUT2D eigenvalue weighted by molar-refractivity contribution is 7.11. The van der Waals surface area contributed by atoms with Gasteiger partial charge < -0.3 is 10.1 Å². The second-order valence-electron chi connectivity index (χ2n) is 4.91. The molecule has 0 unspecified atom stereocenters. The van der Waals surface area contributed by atoms with E-state index in [0.717, 1.165) is 29.5 Å². The topological polar surface area (TPSA) is 34.1 Å². The monoisotopic (exact) mass is 290 g/mol. The Hall–Kier alpha value is -1.39. The molecule has 4 heteroatoms. The van der Waals surface area contributed by atoms with Gasteiger partial charge in [-0.05, 0) is 38.4 Å². The fourth-order valence-electron chi connectivity index (χ4n) is 2.11. The molecular weight excluding hydrogens is 268 g/mol. The third-order valence-corrected chi connectivity index (χ3v) is 4.35. The van der Waals surface area contributed by atoms with Crippen molar-refractivity contribution in [1.29, 1.82) is 0 Å². The lowest BCUT2D eigenvalue weighted by molar-refractivity contribution is 0.301. The quantitative estimate of drug-likeness (QED) is 0.879. The minimum absolute atomic E-state index is 0.545. The minimum Gasteiger partial charge on any atom is -0.486 e. The molecule has 0 radical (unpaired) electrons. The summed E-state index contributed by atoms with van der Waals surface area (Å²) in [5.74, 6) is 0.980. The van der Waals surface area contributed by atoms with Crippen LogP contribution in [0.25, 0.3) is 0 Å². The van der Waals surface area contributed by atoms with Gasteiger partial charge in [0.15, 0.2) is 0 Å². The number of ether oxygens (including phenoxy) is 1. The van der Waals surface area contributed by atoms with E-state index in [1.165, 1.54) is 16.0 Å². The van der Waals surface area contributed by atoms with Crippen LogP contribution in [0.15, 0.2) is 18.2 Å². The molecule has 1 N–H and O–H groups in total. The van der Waals surface area contributed by atoms with Crippen LogP contribution in [0.3, 0.4) is 0 Å². The number of thiazole rings is 1. The van der Waals surface area contributed by atoms with Crippen molar-refractivity contribution in [3.05, 3.63) is 44.9 Å². The fourth-order valence-corrected chi connectivity index (χ4v) is 3.07. The Morgan fingerprint density at radius 2 is 1.90 bits per heavy atom. The maximum absolute atomic E-state index is 5.95. The maximum Gasteiger partial charge on any atom is 0.140 e. The van der Waals surface area contributed by atoms with E-state index in [2.05, 4.69) is 56.2 Å². The van der Waals surface area contributed by atoms with Gasteiger partial charge in [0.25, 0.3) is 0 Å². The summed E-state index contributed by atoms with van der Waals surface area (Å²) < 4.78 is 5.95. The van der Waals surface area contributed by atoms with Crippen molar-refractivity contribution in [3.8, 4) is 5.75 Å². The highest BCUT2D eigenvalue weighted by Crippen LogP contribution is 2.25. The SMILES string of the molecule is CCNCc1sc(COc2c(C)cccc2C)nc1C. The molecule has 0 fully saturated rings. The molecule has 108 valence electrons. The van der Waals surface area contributed by atoms with Crippen molar-refractivity contribution in [2.45, 2.75) is 40.8 Å². The van der Waals surface area contributed by atoms with Gasteiger partial charge in [0.2, 0.25) is 0 Å². The van der Waals surface area contributed by atoms with Crippen molar-refractivity contribution < 1.29 is 4.74 Å². The molecule has 20 heavy (non-hydrogen) atoms. The Bertz CT molecular complexity index is 558. The molecule has 1 heterocycles. The molecule has 0 aliphatic carbocycles. The number of hydrogen-bond donors (Lipinski definition) is 1. The van der Waals surface area contributed by atoms with Gasteiger partial charge in [-0.25, -0.2) is 4.98 Å². The van der Waals surface area contributed by atoms with Crippen molar-refractivity contribution in [3.63, 3.8) is 0 Å². The van der Waals surface area contributed by atoms with Crippen LogP contribution >= 0.6 is 11.3 Å². The second kappa shape index (κ2) is 6.86. The molecule has 1 aromatic heterocycles. The van der Waals surface area contributed by atoms with E-state index in [9.17, 15) is 0 Å². The number of rotatable bonds is 6. The summed E-state index contributed by atoms with van der Waals surface area (Å²) >= 11 is 1.73. The normalized spacial score (nSPS) is 10.8. The van der Waals surface area contributed by atoms with Crippen molar-refractivity contribution >= 4 is 11.3 Å². The van der Waals surface area contributed by atoms with Crippen LogP contribution in [0.2, 0.25) is 0 Å². The first-order chi connectivity index (χ1) is 9.61. The standard InChI is InChI=1S/C16H22N2OS/c1-5-17-9-14-13(4)18-15(20-14)10-19-16-11(2)7-6-8-12(16)3/h6-8,17H,5,9-10H2,1-4H3. The number of hydrogen-bond acceptors (Lipinski definition) is 4. The first-order valence-corrected chi connectivity index (χ1v) is 7.78. The van der Waals surface area contributed by atoms with Crippen molar-refractivity contribution in [2.75, 3.05) is 6.54 Å². The molecule has 0 saturated carbocycles. The third kappa shape index (κ3) is 3.58. The number of benzene rings is 1. The molecule has 1 aromatic carbocycles. The Balaban J connectivity index is 2.04. The molecule has 0 aliphatic heterocycles. The lowest BCUT2D eigenvalue weighted by atomic mass is 10.1. The maximum atomic E-state index is 5.95. The molecule has 0 amide bonds. The van der Waals surface area contributed by atoms with E-state index in [4.69, 9.17) is 4.74 Å². The lowest BCUT2D eigenvalue weighted by Gasteiger charge is -2.10. The number of nitrogens with one attached hydrogen (secondary N) is 1. The lowest BCUT2D eigenvalue weighted by Crippen LogP contribution is -2.11. The van der Waals surface area contributed by atoms with Crippen LogP contribution in [-0.2, 0) is 13.2 Å². The van der Waals surface area contributed by atoms with Crippen molar-refractivity contribution in [1.82, 2.24) is 10.3 Å². The van der Waals surface area contributed by atoms with Crippen LogP contribution in [-0.4, -0.2) is 11.5 Å². The van der Waals surface area contributed by atoms with Crippen LogP contribution in [0.1, 0.15) is 33.6 Å². The van der Waals surface area contributed by atoms with E-state index in [1.54, 1.807) is 11.3 Å². The summed E-state index contributed by atoms with van der Waals surface area (Å²) in [6.07, 6.45) is 0. The van der Waals surface area contributed by atoms with Gasteiger partial charge in [0, 0.05) is 11.4 Å². The molecule has 0 bridgehead atoms. The molecule has 0 atom stereocenters. The van der Waals surface area contributed by atoms with E-state index in [0.29, 0.717) is 6.61 Å². The first kappa shape index (κ1) is 15.0. The number of aryl methyl sites for hydroxylation is 3. The summed E-state index contributed by atoms with van der Waals surface area (Å²) in [5, 5.41) is 4.38. The Labute approximate surface area is 125 Å². The predicted octanol–water partition coefficient (Wildman–Crippen LogP) is 3.76. The first-order valence-electron chi connectivity index (χ1n) is 6.96. The van der Waals surface area contributed by atoms with Crippen LogP contribution in [0.4, 0.5) is 0 Å². The van der Waals surface area contributed by atoms with Crippen molar-refractivity contribution in [2.24, 2.45) is 0 Å². The number of para-hydroxylation sites is 1. The van der Waals surface area contributed by atoms with E-state index >= 15 is 0 Å². The summed E-state index contributed by atoms with van der Waals surface area (Å²) in [6.45, 7) is 10.7. The van der Waals surface area contributed by atoms with Gasteiger partial charge in [-0.2, -0.15) is 0 Å². The molecule has 0 aliphatic rings. The minimum atomic E-state index is 0.545. The molecule has 0 spiro atoms. The summed E-state index contributed by atoms with van der Waals surface area (Å²) in [7, 11) is 0. The Morgan fingerprint density at radius 1 is 1.20 bits per heavy atom. The zero-order valence-electron chi connectivity index (χ0n) is 12.6. The van der Waals surface area contributed by atoms with Gasteiger partial charge in [0.1, 0.15) is 17.4 Å². The molecule has 3 nitrogen and oxygen atoms in total. The highest BCUT2D eigenvalue weighted by atomic mass is 32.1. The fraction of sp³-hybridized carbons (Fsp3) is 0.438. The van der Waals surface area contributed by atoms with E-state index in [-0.39, 0.29) is 0 Å². The zero-order chi connectivity index (χ0) is 14.5. The van der Waals surface area contributed by atoms with Gasteiger partial charge in [-0.3, -0.25) is 0 Å². The smallest absolute Gasteiger partial charge is 0.140 e. The Morgan fingerprint density at radius 3 is 2.55 bits per heavy atom. The van der Waals surface area contributed by atoms with E-state index < -0.39 is 0 Å². The second-order valence-corrected chi connectivity index (χ2v) is 6.07. The average Bonchev–Trinajstić information content (AvgIpc) is 2.76. The highest BCUT2D eigenvalue weighted by Gasteiger charge is 2.09. The zero-order valence-corrected chi connectivity index (χ0v) is 13.4. The summed E-state index contributed by atoms with van der Waals surface area (Å²) in [6, 6.07) is 6.21. The predicted molar refractivity (Wildman–Crippen MR) is 84.5 cm³/mol. The molecule has 0 saturated heterocycles. The molecule has 2 rings (SSSR count). The largest absolute Gasteiger partial charge is 0.486 e. The average molecular weight is 290 g/mol. The van der Waals surface area contributed by atoms with Gasteiger partial charge in [-0.15, -0.1) is 11.3 Å². The molecular formula is C16H22N2OS. The van der Waals surface area contributed by atoms with Gasteiger partial charge in [0.05, 0.1) is 5.69 Å². The Kier molecular flexibility index (Phi) is 5.15. The van der Waals surface area contributed by atoms with Crippen LogP contribution in [0.5, 0.6) is 5.75 Å². The third-order valence-electron chi connectivity index (χ3n) is 3.22.